The van der Waals surface area contributed by atoms with Gasteiger partial charge in [-0.05, 0) is 160 Å². The first kappa shape index (κ1) is 80.2. The molecule has 22 aromatic rings. The van der Waals surface area contributed by atoms with E-state index in [1.54, 1.807) is 12.1 Å². The second kappa shape index (κ2) is 33.4. The minimum absolute atomic E-state index is 0. The standard InChI is InChI=1S/C52H32N6.C36H31BN2O2.C22H13ClN4.HI/c1-53-43-33-37(52-55-50(34-16-6-2-7-17-34)54-51(56-52)35-18-8-3-9-19-35)26-28-40(43)36-27-29-45-42(32-36)49-47(58(45)39-22-12-5-13-23-39)31-30-46-48(49)41-24-14-15-25-44(41)57(46)38-20-10-4-11-21-38;1-35(2)36(3,4)41-37(40-35)24-19-20-30-28(23-24)34-32(39(30)26-15-9-6-10-16-26)22-21-31-33(34)27-17-11-12-18-29(27)38(31)25-13-7-5-8-14-25;1-24-19-14-17(12-13-18(19)23)22-26-20(15-8-4-2-5-9-15)25-21(27-22)16-10-6-3-7-11-16;/h2-33H;5-23H,1-4H3;2-14H;1H. The van der Waals surface area contributed by atoms with Crippen LogP contribution in [0.25, 0.3) is 199 Å². The molecule has 0 saturated carbocycles. The topological polar surface area (TPSA) is 124 Å². The molecule has 0 bridgehead atoms. The minimum Gasteiger partial charge on any atom is -0.399 e. The van der Waals surface area contributed by atoms with Gasteiger partial charge in [-0.2, -0.15) is 0 Å². The molecule has 0 radical (unpaired) electrons. The summed E-state index contributed by atoms with van der Waals surface area (Å²) in [6, 6.07) is 133. The van der Waals surface area contributed by atoms with Crippen LogP contribution in [0.15, 0.2) is 388 Å². The fourth-order valence-electron chi connectivity index (χ4n) is 17.5. The molecular weight excluding hydrogens is 1690 g/mol. The van der Waals surface area contributed by atoms with Gasteiger partial charge in [-0.3, -0.25) is 0 Å². The molecule has 1 fully saturated rings. The van der Waals surface area contributed by atoms with Gasteiger partial charge in [0.2, 0.25) is 5.69 Å². The fraction of sp³-hybridized carbons (Fsp3) is 0.0545. The van der Waals surface area contributed by atoms with E-state index in [0.717, 1.165) is 106 Å². The number of hydrogen-bond donors (Lipinski definition) is 0. The van der Waals surface area contributed by atoms with E-state index in [1.807, 2.05) is 146 Å². The number of fused-ring (bicyclic) bond motifs is 14. The average molecular weight is 1770 g/mol. The van der Waals surface area contributed by atoms with Gasteiger partial charge in [-0.15, -0.1) is 24.0 Å². The van der Waals surface area contributed by atoms with Crippen LogP contribution in [0.3, 0.4) is 0 Å². The normalized spacial score (nSPS) is 12.7. The molecule has 606 valence electrons. The van der Waals surface area contributed by atoms with Crippen molar-refractivity contribution < 1.29 is 9.31 Å². The number of rotatable bonds is 12. The van der Waals surface area contributed by atoms with Crippen LogP contribution in [-0.2, 0) is 9.31 Å². The Bertz CT molecular complexity index is 7930. The molecule has 1 aliphatic rings. The van der Waals surface area contributed by atoms with Crippen molar-refractivity contribution in [2.45, 2.75) is 38.9 Å². The highest BCUT2D eigenvalue weighted by molar-refractivity contribution is 14.0. The monoisotopic (exact) mass is 1770 g/mol. The number of aromatic nitrogens is 10. The van der Waals surface area contributed by atoms with Gasteiger partial charge in [0.1, 0.15) is 0 Å². The van der Waals surface area contributed by atoms with Crippen molar-refractivity contribution >= 4 is 147 Å². The Morgan fingerprint density at radius 1 is 0.268 bits per heavy atom. The largest absolute Gasteiger partial charge is 0.494 e. The molecule has 0 amide bonds. The molecule has 17 heteroatoms. The summed E-state index contributed by atoms with van der Waals surface area (Å²) in [5.74, 6) is 3.35. The quantitative estimate of drug-likeness (QED) is 0.0673. The summed E-state index contributed by atoms with van der Waals surface area (Å²) in [6.45, 7) is 24.1. The number of para-hydroxylation sites is 6. The molecular formula is C110H77BClIN12O2. The van der Waals surface area contributed by atoms with Gasteiger partial charge in [-0.25, -0.2) is 39.6 Å². The molecule has 0 spiro atoms. The third-order valence-electron chi connectivity index (χ3n) is 24.1. The molecule has 0 atom stereocenters. The van der Waals surface area contributed by atoms with Crippen LogP contribution in [0.1, 0.15) is 27.7 Å². The number of nitrogens with zero attached hydrogens (tertiary/aromatic N) is 12. The van der Waals surface area contributed by atoms with Crippen molar-refractivity contribution in [3.8, 4) is 102 Å². The lowest BCUT2D eigenvalue weighted by atomic mass is 9.78. The summed E-state index contributed by atoms with van der Waals surface area (Å²) < 4.78 is 22.5. The van der Waals surface area contributed by atoms with E-state index in [0.29, 0.717) is 51.3 Å². The van der Waals surface area contributed by atoms with Crippen LogP contribution in [-0.4, -0.2) is 66.5 Å². The van der Waals surface area contributed by atoms with E-state index in [-0.39, 0.29) is 24.0 Å². The zero-order valence-electron chi connectivity index (χ0n) is 69.5. The van der Waals surface area contributed by atoms with Crippen LogP contribution >= 0.6 is 35.6 Å². The molecule has 127 heavy (non-hydrogen) atoms. The van der Waals surface area contributed by atoms with Gasteiger partial charge in [0.05, 0.1) is 68.5 Å². The second-order valence-corrected chi connectivity index (χ2v) is 32.6. The first-order valence-electron chi connectivity index (χ1n) is 41.8. The molecule has 16 aromatic carbocycles. The molecule has 7 heterocycles. The lowest BCUT2D eigenvalue weighted by Crippen LogP contribution is -2.41. The Kier molecular flexibility index (Phi) is 21.1. The number of benzene rings is 16. The Labute approximate surface area is 755 Å². The summed E-state index contributed by atoms with van der Waals surface area (Å²) >= 11 is 6.07. The van der Waals surface area contributed by atoms with Gasteiger partial charge in [0.25, 0.3) is 0 Å². The first-order valence-corrected chi connectivity index (χ1v) is 42.2. The smallest absolute Gasteiger partial charge is 0.399 e. The van der Waals surface area contributed by atoms with Gasteiger partial charge >= 0.3 is 7.12 Å². The zero-order valence-corrected chi connectivity index (χ0v) is 72.6. The first-order chi connectivity index (χ1) is 61.8. The van der Waals surface area contributed by atoms with Crippen molar-refractivity contribution in [2.75, 3.05) is 0 Å². The maximum atomic E-state index is 8.40. The molecule has 14 nitrogen and oxygen atoms in total. The SMILES string of the molecule is CC1(C)OB(c2ccc3c(c2)c2c4c5ccccc5n(-c5ccccc5)c4ccc2n3-c2ccccc2)OC1(C)C.I.[C-]#[N+]c1cc(-c2nc(-c3ccccc3)nc(-c3ccccc3)n2)ccc1-c1ccc2c(c1)c1c3c4ccccc4n(-c4ccccc4)c3ccc1n2-c1ccccc1.[C-]#[N+]c1cc(-c2nc(-c3ccccc3)nc(-c3ccccc3)n2)ccc1Cl. The maximum Gasteiger partial charge on any atom is 0.494 e. The molecule has 0 N–H and O–H groups in total. The lowest BCUT2D eigenvalue weighted by molar-refractivity contribution is 0.00578. The second-order valence-electron chi connectivity index (χ2n) is 32.2. The molecule has 0 unspecified atom stereocenters. The lowest BCUT2D eigenvalue weighted by Gasteiger charge is -2.32. The van der Waals surface area contributed by atoms with E-state index in [2.05, 4.69) is 301 Å². The Balaban J connectivity index is 0.000000128. The summed E-state index contributed by atoms with van der Waals surface area (Å²) in [5, 5.41) is 10.0. The van der Waals surface area contributed by atoms with Crippen LogP contribution in [0.5, 0.6) is 0 Å². The van der Waals surface area contributed by atoms with Crippen molar-refractivity contribution in [3.63, 3.8) is 0 Å². The molecule has 6 aromatic heterocycles. The molecule has 1 aliphatic heterocycles. The molecule has 1 saturated heterocycles. The zero-order chi connectivity index (χ0) is 85.2. The Morgan fingerprint density at radius 3 is 0.906 bits per heavy atom. The van der Waals surface area contributed by atoms with Gasteiger partial charge in [-0.1, -0.05) is 285 Å². The maximum absolute atomic E-state index is 8.40. The van der Waals surface area contributed by atoms with Crippen LogP contribution in [0.4, 0.5) is 11.4 Å². The van der Waals surface area contributed by atoms with E-state index in [9.17, 15) is 0 Å². The van der Waals surface area contributed by atoms with E-state index in [1.165, 1.54) is 54.3 Å². The highest BCUT2D eigenvalue weighted by Gasteiger charge is 2.52. The number of hydrogen-bond acceptors (Lipinski definition) is 8. The van der Waals surface area contributed by atoms with Crippen molar-refractivity contribution in [2.24, 2.45) is 0 Å². The molecule has 23 rings (SSSR count). The minimum atomic E-state index is -0.426. The van der Waals surface area contributed by atoms with Crippen molar-refractivity contribution in [1.82, 2.24) is 48.2 Å². The molecule has 0 aliphatic carbocycles. The van der Waals surface area contributed by atoms with Gasteiger partial charge in [0, 0.05) is 104 Å². The van der Waals surface area contributed by atoms with E-state index in [4.69, 9.17) is 49.0 Å². The summed E-state index contributed by atoms with van der Waals surface area (Å²) in [7, 11) is -0.426. The summed E-state index contributed by atoms with van der Waals surface area (Å²) in [6.07, 6.45) is 0. The predicted molar refractivity (Wildman–Crippen MR) is 530 cm³/mol. The average Bonchev–Trinajstić information content (AvgIpc) is 1.55. The number of halogens is 2. The van der Waals surface area contributed by atoms with Crippen LogP contribution < -0.4 is 5.46 Å². The van der Waals surface area contributed by atoms with Crippen molar-refractivity contribution in [1.29, 1.82) is 0 Å². The Hall–Kier alpha value is -15.3. The van der Waals surface area contributed by atoms with Crippen LogP contribution in [0, 0.1) is 13.1 Å². The highest BCUT2D eigenvalue weighted by Crippen LogP contribution is 2.48. The van der Waals surface area contributed by atoms with Crippen molar-refractivity contribution in [3.05, 3.63) is 416 Å². The van der Waals surface area contributed by atoms with Crippen LogP contribution in [0.2, 0.25) is 5.02 Å². The summed E-state index contributed by atoms with van der Waals surface area (Å²) in [5.41, 5.74) is 21.8. The van der Waals surface area contributed by atoms with E-state index < -0.39 is 18.3 Å². The Morgan fingerprint density at radius 2 is 0.543 bits per heavy atom. The van der Waals surface area contributed by atoms with E-state index >= 15 is 0 Å². The summed E-state index contributed by atoms with van der Waals surface area (Å²) in [4.78, 5) is 36.2. The van der Waals surface area contributed by atoms with Gasteiger partial charge in [0.15, 0.2) is 40.6 Å². The van der Waals surface area contributed by atoms with Gasteiger partial charge < -0.3 is 27.6 Å². The predicted octanol–water partition coefficient (Wildman–Crippen LogP) is 28.2. The fourth-order valence-corrected chi connectivity index (χ4v) is 17.7. The highest BCUT2D eigenvalue weighted by atomic mass is 127. The third kappa shape index (κ3) is 14.6. The third-order valence-corrected chi connectivity index (χ3v) is 24.5.